The minimum Gasteiger partial charge on any atom is -0.467 e. The molecule has 0 aromatic carbocycles. The maximum absolute atomic E-state index is 12.2. The van der Waals surface area contributed by atoms with Crippen LogP contribution in [0, 0.1) is 0 Å². The molecule has 2 saturated heterocycles. The third-order valence-electron chi connectivity index (χ3n) is 3.61. The largest absolute Gasteiger partial charge is 0.467 e. The van der Waals surface area contributed by atoms with E-state index in [1.165, 1.54) is 12.0 Å². The van der Waals surface area contributed by atoms with Crippen molar-refractivity contribution in [1.82, 2.24) is 4.90 Å². The number of amides is 1. The van der Waals surface area contributed by atoms with E-state index in [0.29, 0.717) is 12.8 Å². The van der Waals surface area contributed by atoms with Gasteiger partial charge in [-0.3, -0.25) is 9.69 Å². The summed E-state index contributed by atoms with van der Waals surface area (Å²) in [6, 6.07) is -0.249. The van der Waals surface area contributed by atoms with E-state index in [0.717, 1.165) is 0 Å². The summed E-state index contributed by atoms with van der Waals surface area (Å²) >= 11 is 0. The lowest BCUT2D eigenvalue weighted by Crippen LogP contribution is -2.56. The van der Waals surface area contributed by atoms with Crippen LogP contribution in [0.5, 0.6) is 0 Å². The van der Waals surface area contributed by atoms with Gasteiger partial charge in [-0.25, -0.2) is 9.59 Å². The van der Waals surface area contributed by atoms with E-state index in [2.05, 4.69) is 0 Å². The fraction of sp³-hybridized carbons (Fsp3) is 0.769. The molecule has 0 spiro atoms. The summed E-state index contributed by atoms with van der Waals surface area (Å²) in [7, 11) is 1.23. The lowest BCUT2D eigenvalue weighted by atomic mass is 9.86. The summed E-state index contributed by atoms with van der Waals surface area (Å²) in [5, 5.41) is 0. The van der Waals surface area contributed by atoms with Gasteiger partial charge in [-0.15, -0.1) is 0 Å². The van der Waals surface area contributed by atoms with Gasteiger partial charge in [0, 0.05) is 12.5 Å². The number of Topliss-reactive ketones (excluding diaryl/α,β-unsaturated/α-hetero) is 1. The van der Waals surface area contributed by atoms with Crippen molar-refractivity contribution in [2.24, 2.45) is 0 Å². The van der Waals surface area contributed by atoms with E-state index in [-0.39, 0.29) is 18.2 Å². The van der Waals surface area contributed by atoms with Gasteiger partial charge < -0.3 is 9.47 Å². The summed E-state index contributed by atoms with van der Waals surface area (Å²) < 4.78 is 10.0. The fourth-order valence-corrected chi connectivity index (χ4v) is 2.89. The van der Waals surface area contributed by atoms with Gasteiger partial charge in [0.2, 0.25) is 5.54 Å². The number of ether oxygens (including phenoxy) is 2. The van der Waals surface area contributed by atoms with Crippen LogP contribution >= 0.6 is 0 Å². The van der Waals surface area contributed by atoms with E-state index >= 15 is 0 Å². The molecule has 19 heavy (non-hydrogen) atoms. The van der Waals surface area contributed by atoms with Crippen LogP contribution in [0.15, 0.2) is 0 Å². The van der Waals surface area contributed by atoms with Gasteiger partial charge in [-0.2, -0.15) is 0 Å². The van der Waals surface area contributed by atoms with Crippen LogP contribution in [0.3, 0.4) is 0 Å². The van der Waals surface area contributed by atoms with Crippen molar-refractivity contribution in [3.63, 3.8) is 0 Å². The van der Waals surface area contributed by atoms with Gasteiger partial charge in [-0.05, 0) is 33.6 Å². The smallest absolute Gasteiger partial charge is 0.411 e. The molecule has 2 heterocycles. The summed E-state index contributed by atoms with van der Waals surface area (Å²) in [5.74, 6) is -0.912. The van der Waals surface area contributed by atoms with Crippen molar-refractivity contribution in [1.29, 1.82) is 0 Å². The zero-order valence-electron chi connectivity index (χ0n) is 11.7. The molecule has 0 N–H and O–H groups in total. The van der Waals surface area contributed by atoms with Crippen molar-refractivity contribution in [2.75, 3.05) is 7.11 Å². The highest BCUT2D eigenvalue weighted by Gasteiger charge is 2.66. The number of methoxy groups -OCH3 is 1. The maximum atomic E-state index is 12.2. The highest BCUT2D eigenvalue weighted by Crippen LogP contribution is 2.45. The van der Waals surface area contributed by atoms with Crippen molar-refractivity contribution in [3.05, 3.63) is 0 Å². The lowest BCUT2D eigenvalue weighted by Gasteiger charge is -2.32. The Labute approximate surface area is 112 Å². The van der Waals surface area contributed by atoms with E-state index in [9.17, 15) is 14.4 Å². The first kappa shape index (κ1) is 13.8. The topological polar surface area (TPSA) is 72.9 Å². The normalized spacial score (nSPS) is 29.6. The SMILES string of the molecule is COC(=O)C12CCC(CC1=O)N2C(=O)OC(C)(C)C. The first-order valence-corrected chi connectivity index (χ1v) is 6.36. The molecule has 2 rings (SSSR count). The van der Waals surface area contributed by atoms with E-state index in [1.54, 1.807) is 20.8 Å². The Morgan fingerprint density at radius 2 is 2.00 bits per heavy atom. The Balaban J connectivity index is 2.32. The average molecular weight is 269 g/mol. The minimum absolute atomic E-state index is 0.203. The average Bonchev–Trinajstić information content (AvgIpc) is 2.78. The Bertz CT molecular complexity index is 439. The third kappa shape index (κ3) is 1.99. The van der Waals surface area contributed by atoms with E-state index in [1.807, 2.05) is 0 Å². The zero-order chi connectivity index (χ0) is 14.4. The van der Waals surface area contributed by atoms with Crippen LogP contribution in [-0.2, 0) is 19.1 Å². The molecule has 0 radical (unpaired) electrons. The van der Waals surface area contributed by atoms with Gasteiger partial charge in [-0.1, -0.05) is 0 Å². The molecule has 106 valence electrons. The molecule has 6 heteroatoms. The summed E-state index contributed by atoms with van der Waals surface area (Å²) in [4.78, 5) is 37.6. The molecule has 0 saturated carbocycles. The first-order chi connectivity index (χ1) is 8.72. The van der Waals surface area contributed by atoms with Crippen molar-refractivity contribution < 1.29 is 23.9 Å². The lowest BCUT2D eigenvalue weighted by molar-refractivity contribution is -0.156. The molecular formula is C13H19NO5. The number of hydrogen-bond donors (Lipinski definition) is 0. The van der Waals surface area contributed by atoms with E-state index < -0.39 is 23.2 Å². The quantitative estimate of drug-likeness (QED) is 0.529. The molecule has 2 aliphatic rings. The third-order valence-corrected chi connectivity index (χ3v) is 3.61. The highest BCUT2D eigenvalue weighted by molar-refractivity contribution is 6.13. The molecule has 2 aliphatic heterocycles. The van der Waals surface area contributed by atoms with Crippen LogP contribution in [0.25, 0.3) is 0 Å². The van der Waals surface area contributed by atoms with Gasteiger partial charge in [0.15, 0.2) is 5.78 Å². The van der Waals surface area contributed by atoms with Crippen LogP contribution in [0.1, 0.15) is 40.0 Å². The Kier molecular flexibility index (Phi) is 3.07. The van der Waals surface area contributed by atoms with Gasteiger partial charge in [0.1, 0.15) is 5.60 Å². The Morgan fingerprint density at radius 3 is 2.47 bits per heavy atom. The van der Waals surface area contributed by atoms with Crippen molar-refractivity contribution in [2.45, 2.75) is 57.2 Å². The number of ketones is 1. The Hall–Kier alpha value is -1.59. The molecular weight excluding hydrogens is 250 g/mol. The predicted octanol–water partition coefficient (Wildman–Crippen LogP) is 1.27. The number of rotatable bonds is 1. The van der Waals surface area contributed by atoms with Crippen LogP contribution in [0.4, 0.5) is 4.79 Å². The number of hydrogen-bond acceptors (Lipinski definition) is 5. The standard InChI is InChI=1S/C13H19NO5/c1-12(2,3)19-11(17)14-8-5-6-13(14,9(15)7-8)10(16)18-4/h8H,5-7H2,1-4H3. The summed E-state index contributed by atoms with van der Waals surface area (Å²) in [6.07, 6.45) is 0.530. The maximum Gasteiger partial charge on any atom is 0.411 e. The van der Waals surface area contributed by atoms with Gasteiger partial charge in [0.25, 0.3) is 0 Å². The van der Waals surface area contributed by atoms with Crippen LogP contribution < -0.4 is 0 Å². The number of esters is 1. The highest BCUT2D eigenvalue weighted by atomic mass is 16.6. The molecule has 2 fully saturated rings. The predicted molar refractivity (Wildman–Crippen MR) is 65.5 cm³/mol. The molecule has 2 atom stereocenters. The first-order valence-electron chi connectivity index (χ1n) is 6.36. The zero-order valence-corrected chi connectivity index (χ0v) is 11.7. The number of carbonyl (C=O) groups is 3. The van der Waals surface area contributed by atoms with Crippen molar-refractivity contribution in [3.8, 4) is 0 Å². The molecule has 6 nitrogen and oxygen atoms in total. The van der Waals surface area contributed by atoms with Crippen LogP contribution in [-0.4, -0.2) is 47.0 Å². The fourth-order valence-electron chi connectivity index (χ4n) is 2.89. The number of carbonyl (C=O) groups excluding carboxylic acids is 3. The molecule has 0 aliphatic carbocycles. The molecule has 0 aromatic heterocycles. The second kappa shape index (κ2) is 4.21. The van der Waals surface area contributed by atoms with Gasteiger partial charge >= 0.3 is 12.1 Å². The number of fused-ring (bicyclic) bond motifs is 2. The molecule has 2 bridgehead atoms. The molecule has 0 aromatic rings. The van der Waals surface area contributed by atoms with E-state index in [4.69, 9.17) is 9.47 Å². The summed E-state index contributed by atoms with van der Waals surface area (Å²) in [6.45, 7) is 5.24. The molecule has 1 amide bonds. The van der Waals surface area contributed by atoms with Crippen molar-refractivity contribution >= 4 is 17.8 Å². The number of nitrogens with zero attached hydrogens (tertiary/aromatic N) is 1. The van der Waals surface area contributed by atoms with Gasteiger partial charge in [0.05, 0.1) is 7.11 Å². The Morgan fingerprint density at radius 1 is 1.37 bits per heavy atom. The summed E-state index contributed by atoms with van der Waals surface area (Å²) in [5.41, 5.74) is -2.12. The molecule has 2 unspecified atom stereocenters. The second-order valence-corrected chi connectivity index (χ2v) is 6.02. The minimum atomic E-state index is -1.46. The second-order valence-electron chi connectivity index (χ2n) is 6.02. The monoisotopic (exact) mass is 269 g/mol. The van der Waals surface area contributed by atoms with Crippen LogP contribution in [0.2, 0.25) is 0 Å².